The molecule has 0 saturated heterocycles. The molecule has 18 heavy (non-hydrogen) atoms. The van der Waals surface area contributed by atoms with Crippen molar-refractivity contribution in [3.63, 3.8) is 0 Å². The van der Waals surface area contributed by atoms with Gasteiger partial charge in [0.2, 0.25) is 0 Å². The molecule has 106 valence electrons. The normalized spacial score (nSPS) is 12.3. The number of hydrogen-bond donors (Lipinski definition) is 0. The molecule has 0 aliphatic carbocycles. The van der Waals surface area contributed by atoms with Crippen molar-refractivity contribution in [1.29, 1.82) is 0 Å². The maximum atomic E-state index is 3.98. The van der Waals surface area contributed by atoms with Crippen LogP contribution in [0.5, 0.6) is 0 Å². The fraction of sp³-hybridized carbons (Fsp3) is 0.778. The van der Waals surface area contributed by atoms with E-state index in [0.717, 1.165) is 5.92 Å². The summed E-state index contributed by atoms with van der Waals surface area (Å²) in [6.45, 7) is 10.0. The standard InChI is InChI=1S/C18H34/c1-4-7-9-11-12-13-15-17-18(6-3)16-14-10-8-5-2/h5-6,18H,2-4,7-17H2,1H3. The van der Waals surface area contributed by atoms with Crippen LogP contribution in [-0.4, -0.2) is 0 Å². The third-order valence-electron chi connectivity index (χ3n) is 3.74. The van der Waals surface area contributed by atoms with Gasteiger partial charge in [-0.1, -0.05) is 70.4 Å². The first-order chi connectivity index (χ1) is 8.85. The third-order valence-corrected chi connectivity index (χ3v) is 3.74. The SMILES string of the molecule is C=CCCCCC(C=C)CCCCCCCCC. The van der Waals surface area contributed by atoms with Crippen molar-refractivity contribution in [2.75, 3.05) is 0 Å². The number of allylic oxidation sites excluding steroid dienone is 2. The third kappa shape index (κ3) is 12.0. The average molecular weight is 250 g/mol. The van der Waals surface area contributed by atoms with Gasteiger partial charge in [-0.2, -0.15) is 0 Å². The lowest BCUT2D eigenvalue weighted by atomic mass is 9.94. The fourth-order valence-corrected chi connectivity index (χ4v) is 2.44. The zero-order valence-electron chi connectivity index (χ0n) is 12.6. The lowest BCUT2D eigenvalue weighted by Gasteiger charge is -2.11. The number of rotatable bonds is 14. The van der Waals surface area contributed by atoms with Crippen LogP contribution < -0.4 is 0 Å². The molecule has 0 nitrogen and oxygen atoms in total. The summed E-state index contributed by atoms with van der Waals surface area (Å²) in [5.41, 5.74) is 0. The second-order valence-corrected chi connectivity index (χ2v) is 5.48. The Balaban J connectivity index is 3.32. The van der Waals surface area contributed by atoms with Crippen molar-refractivity contribution in [3.05, 3.63) is 25.3 Å². The Morgan fingerprint density at radius 3 is 1.89 bits per heavy atom. The monoisotopic (exact) mass is 250 g/mol. The van der Waals surface area contributed by atoms with Gasteiger partial charge in [0, 0.05) is 0 Å². The predicted molar refractivity (Wildman–Crippen MR) is 85.0 cm³/mol. The highest BCUT2D eigenvalue weighted by atomic mass is 14.1. The van der Waals surface area contributed by atoms with Crippen molar-refractivity contribution in [1.82, 2.24) is 0 Å². The van der Waals surface area contributed by atoms with E-state index in [4.69, 9.17) is 0 Å². The average Bonchev–Trinajstić information content (AvgIpc) is 2.40. The van der Waals surface area contributed by atoms with Crippen LogP contribution in [-0.2, 0) is 0 Å². The van der Waals surface area contributed by atoms with E-state index in [1.54, 1.807) is 0 Å². The highest BCUT2D eigenvalue weighted by molar-refractivity contribution is 4.79. The first-order valence-corrected chi connectivity index (χ1v) is 8.08. The molecule has 0 rings (SSSR count). The molecule has 0 radical (unpaired) electrons. The van der Waals surface area contributed by atoms with Crippen molar-refractivity contribution >= 4 is 0 Å². The van der Waals surface area contributed by atoms with Crippen molar-refractivity contribution in [2.24, 2.45) is 5.92 Å². The van der Waals surface area contributed by atoms with E-state index in [1.807, 2.05) is 6.08 Å². The summed E-state index contributed by atoms with van der Waals surface area (Å²) in [6, 6.07) is 0. The lowest BCUT2D eigenvalue weighted by molar-refractivity contribution is 0.474. The van der Waals surface area contributed by atoms with Gasteiger partial charge >= 0.3 is 0 Å². The van der Waals surface area contributed by atoms with Crippen LogP contribution in [0.2, 0.25) is 0 Å². The van der Waals surface area contributed by atoms with Gasteiger partial charge in [0.1, 0.15) is 0 Å². The molecule has 0 aliphatic rings. The zero-order chi connectivity index (χ0) is 13.5. The number of unbranched alkanes of at least 4 members (excludes halogenated alkanes) is 8. The van der Waals surface area contributed by atoms with Crippen LogP contribution in [0, 0.1) is 5.92 Å². The van der Waals surface area contributed by atoms with Crippen LogP contribution in [0.15, 0.2) is 25.3 Å². The van der Waals surface area contributed by atoms with Crippen LogP contribution in [0.25, 0.3) is 0 Å². The van der Waals surface area contributed by atoms with E-state index >= 15 is 0 Å². The lowest BCUT2D eigenvalue weighted by Crippen LogP contribution is -1.96. The Hall–Kier alpha value is -0.520. The van der Waals surface area contributed by atoms with Gasteiger partial charge < -0.3 is 0 Å². The minimum absolute atomic E-state index is 0.755. The van der Waals surface area contributed by atoms with E-state index in [1.165, 1.54) is 77.0 Å². The van der Waals surface area contributed by atoms with Gasteiger partial charge in [-0.25, -0.2) is 0 Å². The smallest absolute Gasteiger partial charge is 0.0236 e. The molecule has 0 heterocycles. The van der Waals surface area contributed by atoms with E-state index in [9.17, 15) is 0 Å². The van der Waals surface area contributed by atoms with Gasteiger partial charge in [-0.05, 0) is 31.6 Å². The molecule has 0 aromatic rings. The van der Waals surface area contributed by atoms with Crippen molar-refractivity contribution in [3.8, 4) is 0 Å². The van der Waals surface area contributed by atoms with Crippen LogP contribution in [0.3, 0.4) is 0 Å². The summed E-state index contributed by atoms with van der Waals surface area (Å²) in [5.74, 6) is 0.755. The largest absolute Gasteiger partial charge is 0.103 e. The molecular weight excluding hydrogens is 216 g/mol. The molecule has 0 aromatic heterocycles. The molecule has 1 atom stereocenters. The van der Waals surface area contributed by atoms with Gasteiger partial charge in [0.25, 0.3) is 0 Å². The summed E-state index contributed by atoms with van der Waals surface area (Å²) < 4.78 is 0. The minimum atomic E-state index is 0.755. The molecule has 0 amide bonds. The summed E-state index contributed by atoms with van der Waals surface area (Å²) >= 11 is 0. The van der Waals surface area contributed by atoms with Crippen molar-refractivity contribution < 1.29 is 0 Å². The second-order valence-electron chi connectivity index (χ2n) is 5.48. The number of hydrogen-bond acceptors (Lipinski definition) is 0. The van der Waals surface area contributed by atoms with Crippen LogP contribution in [0.1, 0.15) is 84.0 Å². The maximum absolute atomic E-state index is 3.98. The van der Waals surface area contributed by atoms with E-state index in [0.29, 0.717) is 0 Å². The zero-order valence-corrected chi connectivity index (χ0v) is 12.6. The van der Waals surface area contributed by atoms with E-state index < -0.39 is 0 Å². The van der Waals surface area contributed by atoms with Gasteiger partial charge in [0.15, 0.2) is 0 Å². The molecule has 0 fully saturated rings. The second kappa shape index (κ2) is 14.5. The molecule has 1 unspecified atom stereocenters. The predicted octanol–water partition coefficient (Wildman–Crippen LogP) is 6.68. The molecule has 0 aliphatic heterocycles. The van der Waals surface area contributed by atoms with Gasteiger partial charge in [-0.15, -0.1) is 13.2 Å². The van der Waals surface area contributed by atoms with E-state index in [-0.39, 0.29) is 0 Å². The molecule has 0 aromatic carbocycles. The highest BCUT2D eigenvalue weighted by Crippen LogP contribution is 2.19. The van der Waals surface area contributed by atoms with Crippen molar-refractivity contribution in [2.45, 2.75) is 84.0 Å². The molecule has 0 bridgehead atoms. The highest BCUT2D eigenvalue weighted by Gasteiger charge is 2.03. The first-order valence-electron chi connectivity index (χ1n) is 8.08. The van der Waals surface area contributed by atoms with Crippen LogP contribution >= 0.6 is 0 Å². The molecule has 0 spiro atoms. The Morgan fingerprint density at radius 2 is 1.33 bits per heavy atom. The molecule has 0 saturated carbocycles. The van der Waals surface area contributed by atoms with Gasteiger partial charge in [-0.3, -0.25) is 0 Å². The summed E-state index contributed by atoms with van der Waals surface area (Å²) in [6.07, 6.45) is 20.6. The molecule has 0 heteroatoms. The Kier molecular flexibility index (Phi) is 14.1. The van der Waals surface area contributed by atoms with E-state index in [2.05, 4.69) is 26.2 Å². The first kappa shape index (κ1) is 17.5. The Morgan fingerprint density at radius 1 is 0.778 bits per heavy atom. The maximum Gasteiger partial charge on any atom is -0.0236 e. The molecular formula is C18H34. The van der Waals surface area contributed by atoms with Gasteiger partial charge in [0.05, 0.1) is 0 Å². The Bertz CT molecular complexity index is 180. The minimum Gasteiger partial charge on any atom is -0.103 e. The topological polar surface area (TPSA) is 0 Å². The fourth-order valence-electron chi connectivity index (χ4n) is 2.44. The molecule has 0 N–H and O–H groups in total. The quantitative estimate of drug-likeness (QED) is 0.238. The van der Waals surface area contributed by atoms with Crippen LogP contribution in [0.4, 0.5) is 0 Å². The summed E-state index contributed by atoms with van der Waals surface area (Å²) in [5, 5.41) is 0. The summed E-state index contributed by atoms with van der Waals surface area (Å²) in [7, 11) is 0. The Labute approximate surface area is 116 Å². The summed E-state index contributed by atoms with van der Waals surface area (Å²) in [4.78, 5) is 0.